The van der Waals surface area contributed by atoms with Crippen molar-refractivity contribution in [3.8, 4) is 11.4 Å². The summed E-state index contributed by atoms with van der Waals surface area (Å²) in [5.74, 6) is -0.362. The van der Waals surface area contributed by atoms with Crippen LogP contribution in [0.5, 0.6) is 5.75 Å². The molecule has 0 atom stereocenters. The molecule has 2 aromatic carbocycles. The van der Waals surface area contributed by atoms with Crippen LogP contribution in [0.25, 0.3) is 16.9 Å². The summed E-state index contributed by atoms with van der Waals surface area (Å²) in [5.41, 5.74) is 3.44. The number of benzene rings is 2. The van der Waals surface area contributed by atoms with Gasteiger partial charge in [0.15, 0.2) is 11.2 Å². The van der Waals surface area contributed by atoms with Gasteiger partial charge in [0.05, 0.1) is 12.2 Å². The molecule has 0 aliphatic rings. The molecule has 0 fully saturated rings. The Hall–Kier alpha value is -3.69. The predicted octanol–water partition coefficient (Wildman–Crippen LogP) is 3.54. The fourth-order valence-corrected chi connectivity index (χ4v) is 3.07. The maximum atomic E-state index is 12.8. The first-order valence-corrected chi connectivity index (χ1v) is 8.94. The monoisotopic (exact) mass is 415 g/mol. The number of ether oxygens (including phenoxy) is 1. The van der Waals surface area contributed by atoms with Crippen molar-refractivity contribution >= 4 is 11.2 Å². The molecule has 154 valence electrons. The number of halogens is 3. The Morgan fingerprint density at radius 1 is 1.07 bits per heavy atom. The van der Waals surface area contributed by atoms with Crippen molar-refractivity contribution in [3.05, 3.63) is 75.8 Å². The van der Waals surface area contributed by atoms with E-state index in [9.17, 15) is 18.0 Å². The van der Waals surface area contributed by atoms with Gasteiger partial charge in [0.2, 0.25) is 0 Å². The van der Waals surface area contributed by atoms with Crippen molar-refractivity contribution in [2.45, 2.75) is 26.8 Å². The van der Waals surface area contributed by atoms with Gasteiger partial charge >= 0.3 is 6.36 Å². The number of fused-ring (bicyclic) bond motifs is 1. The van der Waals surface area contributed by atoms with Gasteiger partial charge in [-0.05, 0) is 49.2 Å². The summed E-state index contributed by atoms with van der Waals surface area (Å²) < 4.78 is 43.5. The molecule has 0 bridgehead atoms. The lowest BCUT2D eigenvalue weighted by Gasteiger charge is -2.10. The summed E-state index contributed by atoms with van der Waals surface area (Å²) >= 11 is 0. The lowest BCUT2D eigenvalue weighted by Crippen LogP contribution is -2.22. The van der Waals surface area contributed by atoms with Crippen LogP contribution in [0.1, 0.15) is 16.7 Å². The van der Waals surface area contributed by atoms with Crippen molar-refractivity contribution in [2.24, 2.45) is 0 Å². The fourth-order valence-electron chi connectivity index (χ4n) is 3.07. The van der Waals surface area contributed by atoms with Gasteiger partial charge in [-0.1, -0.05) is 29.0 Å². The van der Waals surface area contributed by atoms with Gasteiger partial charge in [-0.15, -0.1) is 18.3 Å². The highest BCUT2D eigenvalue weighted by atomic mass is 19.4. The van der Waals surface area contributed by atoms with Crippen LogP contribution in [0.2, 0.25) is 0 Å². The number of aryl methyl sites for hydroxylation is 2. The molecule has 2 aromatic heterocycles. The summed E-state index contributed by atoms with van der Waals surface area (Å²) in [4.78, 5) is 17.1. The van der Waals surface area contributed by atoms with Crippen molar-refractivity contribution < 1.29 is 17.9 Å². The van der Waals surface area contributed by atoms with Crippen LogP contribution in [0.15, 0.2) is 53.6 Å². The summed E-state index contributed by atoms with van der Waals surface area (Å²) in [6, 6.07) is 11.0. The van der Waals surface area contributed by atoms with Crippen molar-refractivity contribution in [3.63, 3.8) is 0 Å². The van der Waals surface area contributed by atoms with Crippen LogP contribution in [-0.4, -0.2) is 30.9 Å². The van der Waals surface area contributed by atoms with E-state index in [1.807, 2.05) is 32.0 Å². The Morgan fingerprint density at radius 3 is 2.50 bits per heavy atom. The predicted molar refractivity (Wildman–Crippen MR) is 103 cm³/mol. The van der Waals surface area contributed by atoms with Crippen LogP contribution < -0.4 is 10.3 Å². The lowest BCUT2D eigenvalue weighted by atomic mass is 10.1. The van der Waals surface area contributed by atoms with Gasteiger partial charge in [0.1, 0.15) is 12.1 Å². The molecule has 0 unspecified atom stereocenters. The number of hydrogen-bond donors (Lipinski definition) is 0. The van der Waals surface area contributed by atoms with E-state index in [4.69, 9.17) is 0 Å². The SMILES string of the molecule is Cc1ccc(C)c(Cn2cnc3c(nnn3-c3ccc(OC(F)(F)F)cc3)c2=O)c1. The Morgan fingerprint density at radius 2 is 1.80 bits per heavy atom. The number of alkyl halides is 3. The Bertz CT molecular complexity index is 1280. The molecule has 4 aromatic rings. The van der Waals surface area contributed by atoms with E-state index in [0.29, 0.717) is 12.2 Å². The number of aromatic nitrogens is 5. The van der Waals surface area contributed by atoms with E-state index in [1.165, 1.54) is 27.7 Å². The molecule has 0 saturated carbocycles. The van der Waals surface area contributed by atoms with E-state index >= 15 is 0 Å². The highest BCUT2D eigenvalue weighted by Crippen LogP contribution is 2.24. The molecule has 4 rings (SSSR count). The van der Waals surface area contributed by atoms with Crippen LogP contribution in [-0.2, 0) is 6.54 Å². The minimum Gasteiger partial charge on any atom is -0.406 e. The van der Waals surface area contributed by atoms with Gasteiger partial charge in [0, 0.05) is 0 Å². The highest BCUT2D eigenvalue weighted by molar-refractivity contribution is 5.70. The van der Waals surface area contributed by atoms with Crippen LogP contribution in [0.3, 0.4) is 0 Å². The summed E-state index contributed by atoms with van der Waals surface area (Å²) in [6.45, 7) is 4.28. The van der Waals surface area contributed by atoms with Crippen molar-refractivity contribution in [2.75, 3.05) is 0 Å². The van der Waals surface area contributed by atoms with E-state index < -0.39 is 6.36 Å². The van der Waals surface area contributed by atoms with E-state index in [1.54, 1.807) is 0 Å². The van der Waals surface area contributed by atoms with Crippen LogP contribution in [0.4, 0.5) is 13.2 Å². The molecule has 7 nitrogen and oxygen atoms in total. The third-order valence-corrected chi connectivity index (χ3v) is 4.59. The first-order chi connectivity index (χ1) is 14.2. The van der Waals surface area contributed by atoms with Crippen molar-refractivity contribution in [1.82, 2.24) is 24.5 Å². The van der Waals surface area contributed by atoms with Crippen LogP contribution in [0, 0.1) is 13.8 Å². The van der Waals surface area contributed by atoms with E-state index in [0.717, 1.165) is 28.8 Å². The third-order valence-electron chi connectivity index (χ3n) is 4.59. The zero-order chi connectivity index (χ0) is 21.5. The zero-order valence-corrected chi connectivity index (χ0v) is 16.0. The molecular formula is C20H16F3N5O2. The molecule has 0 spiro atoms. The molecule has 0 aliphatic heterocycles. The number of rotatable bonds is 4. The normalized spacial score (nSPS) is 11.8. The fraction of sp³-hybridized carbons (Fsp3) is 0.200. The van der Waals surface area contributed by atoms with E-state index in [2.05, 4.69) is 20.0 Å². The number of nitrogens with zero attached hydrogens (tertiary/aromatic N) is 5. The Kier molecular flexibility index (Phi) is 4.76. The molecule has 10 heteroatoms. The summed E-state index contributed by atoms with van der Waals surface area (Å²) in [6.07, 6.45) is -3.36. The Labute approximate surface area is 168 Å². The summed E-state index contributed by atoms with van der Waals surface area (Å²) in [7, 11) is 0. The van der Waals surface area contributed by atoms with E-state index in [-0.39, 0.29) is 22.5 Å². The maximum Gasteiger partial charge on any atom is 0.573 e. The lowest BCUT2D eigenvalue weighted by molar-refractivity contribution is -0.274. The molecular weight excluding hydrogens is 399 g/mol. The Balaban J connectivity index is 1.67. The van der Waals surface area contributed by atoms with Gasteiger partial charge < -0.3 is 4.74 Å². The highest BCUT2D eigenvalue weighted by Gasteiger charge is 2.31. The average Bonchev–Trinajstić information content (AvgIpc) is 3.11. The minimum atomic E-state index is -4.77. The second kappa shape index (κ2) is 7.29. The van der Waals surface area contributed by atoms with Crippen LogP contribution >= 0.6 is 0 Å². The maximum absolute atomic E-state index is 12.8. The van der Waals surface area contributed by atoms with Gasteiger partial charge in [-0.25, -0.2) is 4.98 Å². The average molecular weight is 415 g/mol. The molecule has 0 aliphatic carbocycles. The third kappa shape index (κ3) is 3.88. The molecule has 0 saturated heterocycles. The standard InChI is InChI=1S/C20H16F3N5O2/c1-12-3-4-13(2)14(9-12)10-27-11-24-18-17(19(27)29)25-26-28(18)15-5-7-16(8-6-15)30-20(21,22)23/h3-9,11H,10H2,1-2H3. The molecule has 2 heterocycles. The molecule has 0 radical (unpaired) electrons. The molecule has 30 heavy (non-hydrogen) atoms. The van der Waals surface area contributed by atoms with Gasteiger partial charge in [-0.3, -0.25) is 9.36 Å². The second-order valence-corrected chi connectivity index (χ2v) is 6.82. The minimum absolute atomic E-state index is 0.0680. The number of hydrogen-bond acceptors (Lipinski definition) is 5. The first kappa shape index (κ1) is 19.6. The van der Waals surface area contributed by atoms with Crippen molar-refractivity contribution in [1.29, 1.82) is 0 Å². The molecule has 0 amide bonds. The van der Waals surface area contributed by atoms with Gasteiger partial charge in [0.25, 0.3) is 5.56 Å². The molecule has 0 N–H and O–H groups in total. The summed E-state index contributed by atoms with van der Waals surface area (Å²) in [5, 5.41) is 7.86. The second-order valence-electron chi connectivity index (χ2n) is 6.82. The van der Waals surface area contributed by atoms with Gasteiger partial charge in [-0.2, -0.15) is 4.68 Å². The topological polar surface area (TPSA) is 74.8 Å². The first-order valence-electron chi connectivity index (χ1n) is 8.94. The largest absolute Gasteiger partial charge is 0.573 e. The quantitative estimate of drug-likeness (QED) is 0.510. The smallest absolute Gasteiger partial charge is 0.406 e. The zero-order valence-electron chi connectivity index (χ0n) is 16.0.